The van der Waals surface area contributed by atoms with Crippen LogP contribution in [0.5, 0.6) is 0 Å². The van der Waals surface area contributed by atoms with Gasteiger partial charge in [-0.05, 0) is 96.3 Å². The molecular weight excluding hydrogens is 765 g/mol. The van der Waals surface area contributed by atoms with Crippen LogP contribution in [0.25, 0.3) is 0 Å². The Morgan fingerprint density at radius 1 is 0.371 bits per heavy atom. The quantitative estimate of drug-likeness (QED) is 0.0346. The summed E-state index contributed by atoms with van der Waals surface area (Å²) in [6, 6.07) is 0. The summed E-state index contributed by atoms with van der Waals surface area (Å²) in [5.41, 5.74) is 0. The van der Waals surface area contributed by atoms with Crippen LogP contribution in [0.3, 0.4) is 0 Å². The van der Waals surface area contributed by atoms with Crippen molar-refractivity contribution >= 4 is 11.9 Å². The molecule has 0 spiro atoms. The molecule has 5 heteroatoms. The minimum atomic E-state index is -0.555. The summed E-state index contributed by atoms with van der Waals surface area (Å²) in [5.74, 6) is -0.437. The van der Waals surface area contributed by atoms with E-state index >= 15 is 0 Å². The maximum atomic E-state index is 12.8. The van der Waals surface area contributed by atoms with Crippen LogP contribution in [0.15, 0.2) is 85.1 Å². The lowest BCUT2D eigenvalue weighted by Gasteiger charge is -2.18. The lowest BCUT2D eigenvalue weighted by Crippen LogP contribution is -2.30. The average molecular weight is 863 g/mol. The Labute approximate surface area is 384 Å². The number of hydrogen-bond donors (Lipinski definition) is 0. The summed E-state index contributed by atoms with van der Waals surface area (Å²) in [7, 11) is 0. The molecular formula is C57H98O5. The number of carbonyl (C=O) groups is 2. The zero-order chi connectivity index (χ0) is 44.9. The first kappa shape index (κ1) is 59.1. The van der Waals surface area contributed by atoms with Crippen molar-refractivity contribution in [3.8, 4) is 0 Å². The van der Waals surface area contributed by atoms with Crippen molar-refractivity contribution in [1.29, 1.82) is 0 Å². The zero-order valence-electron chi connectivity index (χ0n) is 40.9. The largest absolute Gasteiger partial charge is 0.462 e. The topological polar surface area (TPSA) is 61.8 Å². The Bertz CT molecular complexity index is 1160. The van der Waals surface area contributed by atoms with Crippen molar-refractivity contribution in [2.75, 3.05) is 19.8 Å². The molecule has 0 aliphatic heterocycles. The molecule has 1 atom stereocenters. The van der Waals surface area contributed by atoms with Gasteiger partial charge in [0.15, 0.2) is 6.10 Å². The van der Waals surface area contributed by atoms with Crippen LogP contribution in [-0.4, -0.2) is 37.9 Å². The van der Waals surface area contributed by atoms with Crippen LogP contribution in [0.2, 0.25) is 0 Å². The van der Waals surface area contributed by atoms with Crippen LogP contribution in [0, 0.1) is 0 Å². The predicted molar refractivity (Wildman–Crippen MR) is 270 cm³/mol. The van der Waals surface area contributed by atoms with Gasteiger partial charge in [-0.1, -0.05) is 215 Å². The Morgan fingerprint density at radius 2 is 0.726 bits per heavy atom. The Hall–Kier alpha value is -2.92. The maximum Gasteiger partial charge on any atom is 0.306 e. The van der Waals surface area contributed by atoms with E-state index in [1.807, 2.05) is 0 Å². The van der Waals surface area contributed by atoms with Gasteiger partial charge in [-0.25, -0.2) is 0 Å². The molecule has 0 radical (unpaired) electrons. The monoisotopic (exact) mass is 863 g/mol. The molecule has 0 saturated heterocycles. The summed E-state index contributed by atoms with van der Waals surface area (Å²) < 4.78 is 17.4. The molecule has 0 aliphatic rings. The van der Waals surface area contributed by atoms with Crippen molar-refractivity contribution < 1.29 is 23.8 Å². The van der Waals surface area contributed by atoms with Gasteiger partial charge in [0.25, 0.3) is 0 Å². The van der Waals surface area contributed by atoms with E-state index in [9.17, 15) is 9.59 Å². The van der Waals surface area contributed by atoms with E-state index in [-0.39, 0.29) is 25.2 Å². The van der Waals surface area contributed by atoms with Gasteiger partial charge in [-0.15, -0.1) is 0 Å². The molecule has 5 nitrogen and oxygen atoms in total. The molecule has 356 valence electrons. The highest BCUT2D eigenvalue weighted by Crippen LogP contribution is 2.13. The van der Waals surface area contributed by atoms with E-state index in [1.165, 1.54) is 96.3 Å². The molecule has 0 amide bonds. The van der Waals surface area contributed by atoms with E-state index in [1.54, 1.807) is 0 Å². The van der Waals surface area contributed by atoms with Crippen LogP contribution >= 0.6 is 0 Å². The molecule has 0 aromatic rings. The van der Waals surface area contributed by atoms with Crippen molar-refractivity contribution in [2.45, 2.75) is 245 Å². The van der Waals surface area contributed by atoms with Gasteiger partial charge in [0, 0.05) is 19.4 Å². The number of esters is 2. The van der Waals surface area contributed by atoms with Crippen LogP contribution in [-0.2, 0) is 23.8 Å². The molecule has 0 rings (SSSR count). The first-order chi connectivity index (χ1) is 30.6. The minimum absolute atomic E-state index is 0.0664. The molecule has 0 saturated carbocycles. The molecule has 0 heterocycles. The third kappa shape index (κ3) is 49.7. The molecule has 0 aromatic carbocycles. The maximum absolute atomic E-state index is 12.8. The lowest BCUT2D eigenvalue weighted by molar-refractivity contribution is -0.163. The Morgan fingerprint density at radius 3 is 1.19 bits per heavy atom. The van der Waals surface area contributed by atoms with Gasteiger partial charge in [0.1, 0.15) is 6.61 Å². The second kappa shape index (κ2) is 52.4. The van der Waals surface area contributed by atoms with Gasteiger partial charge >= 0.3 is 11.9 Å². The fourth-order valence-corrected chi connectivity index (χ4v) is 7.04. The van der Waals surface area contributed by atoms with Crippen molar-refractivity contribution in [2.24, 2.45) is 0 Å². The smallest absolute Gasteiger partial charge is 0.306 e. The highest BCUT2D eigenvalue weighted by atomic mass is 16.6. The summed E-state index contributed by atoms with van der Waals surface area (Å²) in [6.07, 6.45) is 68.7. The first-order valence-corrected chi connectivity index (χ1v) is 26.1. The normalized spacial score (nSPS) is 12.9. The molecule has 0 aromatic heterocycles. The van der Waals surface area contributed by atoms with Crippen molar-refractivity contribution in [1.82, 2.24) is 0 Å². The standard InChI is InChI=1S/C57H98O5/c1-4-7-10-13-16-19-22-24-26-28-29-31-32-34-36-38-41-44-47-50-56(58)61-54-55(53-60-52-49-46-43-40-21-18-15-12-9-6-3)62-57(59)51-48-45-42-39-37-35-33-30-27-25-23-20-17-14-11-8-5-2/h8,11,16-17,19-20,24-27,29,31,33,35,55H,4-7,9-10,12-15,18,21-23,28,30,32,34,36-54H2,1-3H3/b11-8-,19-16-,20-17-,26-24-,27-25-,31-29-,35-33-. The second-order valence-corrected chi connectivity index (χ2v) is 17.0. The summed E-state index contributed by atoms with van der Waals surface area (Å²) in [4.78, 5) is 25.4. The SMILES string of the molecule is CC/C=C\C/C=C\C/C=C\C/C=C\CCCCCCC(=O)OC(COCCCCCCCCCCCC)COC(=O)CCCCCCCC/C=C\C/C=C\C/C=C\CCCCC. The van der Waals surface area contributed by atoms with Gasteiger partial charge in [0.2, 0.25) is 0 Å². The molecule has 0 N–H and O–H groups in total. The number of carbonyl (C=O) groups excluding carboxylic acids is 2. The predicted octanol–water partition coefficient (Wildman–Crippen LogP) is 17.7. The van der Waals surface area contributed by atoms with Gasteiger partial charge in [0.05, 0.1) is 6.61 Å². The van der Waals surface area contributed by atoms with E-state index in [2.05, 4.69) is 106 Å². The summed E-state index contributed by atoms with van der Waals surface area (Å²) >= 11 is 0. The van der Waals surface area contributed by atoms with Gasteiger partial charge in [-0.2, -0.15) is 0 Å². The average Bonchev–Trinajstić information content (AvgIpc) is 3.27. The number of rotatable bonds is 47. The van der Waals surface area contributed by atoms with Crippen molar-refractivity contribution in [3.63, 3.8) is 0 Å². The highest BCUT2D eigenvalue weighted by molar-refractivity contribution is 5.70. The third-order valence-corrected chi connectivity index (χ3v) is 10.9. The summed E-state index contributed by atoms with van der Waals surface area (Å²) in [5, 5.41) is 0. The summed E-state index contributed by atoms with van der Waals surface area (Å²) in [6.45, 7) is 7.65. The van der Waals surface area contributed by atoms with Crippen molar-refractivity contribution in [3.05, 3.63) is 85.1 Å². The van der Waals surface area contributed by atoms with Crippen LogP contribution < -0.4 is 0 Å². The van der Waals surface area contributed by atoms with Crippen LogP contribution in [0.1, 0.15) is 239 Å². The number of hydrogen-bond acceptors (Lipinski definition) is 5. The fraction of sp³-hybridized carbons (Fsp3) is 0.719. The molecule has 0 aliphatic carbocycles. The Balaban J connectivity index is 4.29. The fourth-order valence-electron chi connectivity index (χ4n) is 7.04. The highest BCUT2D eigenvalue weighted by Gasteiger charge is 2.17. The van der Waals surface area contributed by atoms with Gasteiger partial charge < -0.3 is 14.2 Å². The van der Waals surface area contributed by atoms with Gasteiger partial charge in [-0.3, -0.25) is 9.59 Å². The molecule has 62 heavy (non-hydrogen) atoms. The lowest BCUT2D eigenvalue weighted by atomic mass is 10.1. The number of allylic oxidation sites excluding steroid dienone is 14. The molecule has 0 bridgehead atoms. The molecule has 0 fully saturated rings. The second-order valence-electron chi connectivity index (χ2n) is 17.0. The van der Waals surface area contributed by atoms with E-state index < -0.39 is 6.10 Å². The number of unbranched alkanes of at least 4 members (excludes halogenated alkanes) is 22. The third-order valence-electron chi connectivity index (χ3n) is 10.9. The molecule has 1 unspecified atom stereocenters. The van der Waals surface area contributed by atoms with E-state index in [0.29, 0.717) is 19.4 Å². The van der Waals surface area contributed by atoms with Crippen LogP contribution in [0.4, 0.5) is 0 Å². The minimum Gasteiger partial charge on any atom is -0.462 e. The Kier molecular flexibility index (Phi) is 50.0. The van der Waals surface area contributed by atoms with E-state index in [4.69, 9.17) is 14.2 Å². The first-order valence-electron chi connectivity index (χ1n) is 26.1. The zero-order valence-corrected chi connectivity index (χ0v) is 40.9. The number of ether oxygens (including phenoxy) is 3. The van der Waals surface area contributed by atoms with E-state index in [0.717, 1.165) is 109 Å².